The third-order valence-electron chi connectivity index (χ3n) is 4.98. The molecule has 1 unspecified atom stereocenters. The Bertz CT molecular complexity index is 902. The van der Waals surface area contributed by atoms with Crippen molar-refractivity contribution in [2.45, 2.75) is 51.7 Å². The van der Waals surface area contributed by atoms with Crippen molar-refractivity contribution in [1.29, 1.82) is 0 Å². The number of aromatic nitrogens is 3. The van der Waals surface area contributed by atoms with Crippen molar-refractivity contribution in [3.05, 3.63) is 52.2 Å². The summed E-state index contributed by atoms with van der Waals surface area (Å²) >= 11 is 0. The molecule has 0 saturated carbocycles. The first-order valence-corrected chi connectivity index (χ1v) is 10.7. The first kappa shape index (κ1) is 18.8. The van der Waals surface area contributed by atoms with Gasteiger partial charge in [-0.25, -0.2) is 22.2 Å². The van der Waals surface area contributed by atoms with E-state index < -0.39 is 10.0 Å². The zero-order valence-corrected chi connectivity index (χ0v) is 16.2. The first-order valence-electron chi connectivity index (χ1n) is 9.08. The smallest absolute Gasteiger partial charge is 0.279 e. The lowest BCUT2D eigenvalue weighted by Gasteiger charge is -2.26. The largest absolute Gasteiger partial charge is 0.346 e. The molecule has 0 radical (unpaired) electrons. The van der Waals surface area contributed by atoms with Crippen LogP contribution in [0.2, 0.25) is 0 Å². The van der Waals surface area contributed by atoms with Crippen LogP contribution in [0.3, 0.4) is 0 Å². The van der Waals surface area contributed by atoms with Gasteiger partial charge in [0.05, 0.1) is 12.3 Å². The van der Waals surface area contributed by atoms with Gasteiger partial charge in [-0.1, -0.05) is 37.3 Å². The van der Waals surface area contributed by atoms with Crippen molar-refractivity contribution in [1.82, 2.24) is 18.7 Å². The molecule has 142 valence electrons. The summed E-state index contributed by atoms with van der Waals surface area (Å²) in [5, 5.41) is 4.50. The van der Waals surface area contributed by atoms with Crippen LogP contribution < -0.4 is 5.69 Å². The normalized spacial score (nSPS) is 17.9. The molecule has 0 amide bonds. The summed E-state index contributed by atoms with van der Waals surface area (Å²) < 4.78 is 29.3. The average Bonchev–Trinajstić information content (AvgIpc) is 2.79. The Morgan fingerprint density at radius 3 is 2.65 bits per heavy atom. The maximum absolute atomic E-state index is 12.7. The van der Waals surface area contributed by atoms with E-state index in [-0.39, 0.29) is 17.5 Å². The molecule has 0 aliphatic carbocycles. The predicted octanol–water partition coefficient (Wildman–Crippen LogP) is 1.47. The maximum atomic E-state index is 12.7. The van der Waals surface area contributed by atoms with Gasteiger partial charge in [0.2, 0.25) is 10.0 Å². The number of nitrogens with zero attached hydrogens (tertiary/aromatic N) is 4. The molecular weight excluding hydrogens is 352 g/mol. The molecule has 0 spiro atoms. The summed E-state index contributed by atoms with van der Waals surface area (Å²) in [4.78, 5) is 12.7. The molecule has 26 heavy (non-hydrogen) atoms. The van der Waals surface area contributed by atoms with Crippen LogP contribution in [-0.2, 0) is 29.5 Å². The van der Waals surface area contributed by atoms with Crippen molar-refractivity contribution in [2.75, 3.05) is 12.8 Å². The summed E-state index contributed by atoms with van der Waals surface area (Å²) in [7, 11) is -1.59. The number of rotatable bonds is 6. The number of benzene rings is 1. The fourth-order valence-electron chi connectivity index (χ4n) is 3.47. The second kappa shape index (κ2) is 7.75. The van der Waals surface area contributed by atoms with E-state index in [4.69, 9.17) is 0 Å². The summed E-state index contributed by atoms with van der Waals surface area (Å²) in [6.07, 6.45) is 2.52. The van der Waals surface area contributed by atoms with E-state index in [9.17, 15) is 13.2 Å². The Kier molecular flexibility index (Phi) is 5.62. The molecule has 1 aromatic carbocycles. The zero-order valence-electron chi connectivity index (χ0n) is 15.3. The van der Waals surface area contributed by atoms with Crippen LogP contribution in [0.25, 0.3) is 0 Å². The van der Waals surface area contributed by atoms with Crippen molar-refractivity contribution >= 4 is 10.0 Å². The quantitative estimate of drug-likeness (QED) is 0.763. The van der Waals surface area contributed by atoms with E-state index in [0.29, 0.717) is 38.8 Å². The maximum Gasteiger partial charge on any atom is 0.346 e. The van der Waals surface area contributed by atoms with Crippen molar-refractivity contribution in [3.63, 3.8) is 0 Å². The van der Waals surface area contributed by atoms with Gasteiger partial charge >= 0.3 is 5.69 Å². The Morgan fingerprint density at radius 2 is 1.96 bits per heavy atom. The van der Waals surface area contributed by atoms with Crippen molar-refractivity contribution < 1.29 is 8.42 Å². The van der Waals surface area contributed by atoms with Crippen molar-refractivity contribution in [3.8, 4) is 0 Å². The third kappa shape index (κ3) is 3.91. The van der Waals surface area contributed by atoms with E-state index in [0.717, 1.165) is 11.4 Å². The molecule has 0 saturated heterocycles. The second-order valence-electron chi connectivity index (χ2n) is 6.81. The Labute approximate surface area is 154 Å². The van der Waals surface area contributed by atoms with E-state index in [1.807, 2.05) is 37.3 Å². The monoisotopic (exact) mass is 378 g/mol. The van der Waals surface area contributed by atoms with Crippen LogP contribution >= 0.6 is 0 Å². The van der Waals surface area contributed by atoms with E-state index in [1.165, 1.54) is 8.99 Å². The lowest BCUT2D eigenvalue weighted by molar-refractivity contribution is 0.329. The van der Waals surface area contributed by atoms with E-state index >= 15 is 0 Å². The van der Waals surface area contributed by atoms with Gasteiger partial charge in [-0.15, -0.1) is 0 Å². The van der Waals surface area contributed by atoms with Crippen LogP contribution in [-0.4, -0.2) is 45.9 Å². The topological polar surface area (TPSA) is 77.2 Å². The fraction of sp³-hybridized carbons (Fsp3) is 0.556. The molecule has 0 fully saturated rings. The molecule has 1 aromatic heterocycles. The number of aryl methyl sites for hydroxylation is 1. The molecule has 0 N–H and O–H groups in total. The molecule has 2 aromatic rings. The summed E-state index contributed by atoms with van der Waals surface area (Å²) in [5.74, 6) is 0.906. The van der Waals surface area contributed by atoms with Gasteiger partial charge in [0.1, 0.15) is 5.82 Å². The molecular formula is C18H26N4O3S. The minimum absolute atomic E-state index is 0.0878. The highest BCUT2D eigenvalue weighted by Gasteiger charge is 2.29. The average molecular weight is 378 g/mol. The van der Waals surface area contributed by atoms with E-state index in [1.54, 1.807) is 11.6 Å². The van der Waals surface area contributed by atoms with Gasteiger partial charge in [0.15, 0.2) is 0 Å². The molecule has 1 aliphatic heterocycles. The second-order valence-corrected chi connectivity index (χ2v) is 8.96. The Hall–Kier alpha value is -1.93. The van der Waals surface area contributed by atoms with Crippen LogP contribution in [0.1, 0.15) is 37.6 Å². The van der Waals surface area contributed by atoms with Gasteiger partial charge in [-0.3, -0.25) is 4.57 Å². The molecule has 0 bridgehead atoms. The van der Waals surface area contributed by atoms with E-state index in [2.05, 4.69) is 5.10 Å². The van der Waals surface area contributed by atoms with Crippen LogP contribution in [0.5, 0.6) is 0 Å². The number of sulfonamides is 1. The van der Waals surface area contributed by atoms with Gasteiger partial charge in [-0.05, 0) is 24.8 Å². The van der Waals surface area contributed by atoms with Crippen LogP contribution in [0.15, 0.2) is 35.1 Å². The lowest BCUT2D eigenvalue weighted by atomic mass is 10.1. The Balaban J connectivity index is 1.75. The standard InChI is InChI=1S/C18H26N4O3S/c1-3-13-26(24,25)20(2)16-9-10-17-19-22(18(23)21(17)12-11-16)14-15-7-5-4-6-8-15/h4-8,16H,3,9-14H2,1-2H3. The molecule has 2 heterocycles. The zero-order chi connectivity index (χ0) is 18.7. The van der Waals surface area contributed by atoms with Crippen LogP contribution in [0.4, 0.5) is 0 Å². The Morgan fingerprint density at radius 1 is 1.23 bits per heavy atom. The van der Waals surface area contributed by atoms with Gasteiger partial charge in [-0.2, -0.15) is 5.10 Å². The highest BCUT2D eigenvalue weighted by atomic mass is 32.2. The summed E-state index contributed by atoms with van der Waals surface area (Å²) in [6, 6.07) is 9.69. The summed E-state index contributed by atoms with van der Waals surface area (Å²) in [5.41, 5.74) is 0.912. The highest BCUT2D eigenvalue weighted by molar-refractivity contribution is 7.89. The first-order chi connectivity index (χ1) is 12.4. The summed E-state index contributed by atoms with van der Waals surface area (Å²) in [6.45, 7) is 2.82. The molecule has 8 heteroatoms. The molecule has 1 atom stereocenters. The van der Waals surface area contributed by atoms with Crippen LogP contribution in [0, 0.1) is 0 Å². The van der Waals surface area contributed by atoms with Crippen molar-refractivity contribution in [2.24, 2.45) is 0 Å². The molecule has 3 rings (SSSR count). The SMILES string of the molecule is CCCS(=O)(=O)N(C)C1CCc2nn(Cc3ccccc3)c(=O)n2CC1. The number of hydrogen-bond acceptors (Lipinski definition) is 4. The number of fused-ring (bicyclic) bond motifs is 1. The third-order valence-corrected chi connectivity index (χ3v) is 7.08. The highest BCUT2D eigenvalue weighted by Crippen LogP contribution is 2.19. The van der Waals surface area contributed by atoms with Gasteiger partial charge in [0.25, 0.3) is 0 Å². The lowest BCUT2D eigenvalue weighted by Crippen LogP contribution is -2.39. The number of hydrogen-bond donors (Lipinski definition) is 0. The minimum Gasteiger partial charge on any atom is -0.279 e. The predicted molar refractivity (Wildman–Crippen MR) is 101 cm³/mol. The molecule has 7 nitrogen and oxygen atoms in total. The molecule has 1 aliphatic rings. The van der Waals surface area contributed by atoms with Gasteiger partial charge in [0, 0.05) is 26.1 Å². The van der Waals surface area contributed by atoms with Gasteiger partial charge < -0.3 is 0 Å². The fourth-order valence-corrected chi connectivity index (χ4v) is 4.93. The minimum atomic E-state index is -3.24.